The van der Waals surface area contributed by atoms with E-state index in [9.17, 15) is 4.79 Å². The molecule has 0 spiro atoms. The van der Waals surface area contributed by atoms with Crippen LogP contribution in [0.25, 0.3) is 0 Å². The second kappa shape index (κ2) is 6.52. The SMILES string of the molecule is CCOC(=O)c1sc(C)nc1NCC1C=CC=CC1. The molecule has 0 saturated carbocycles. The van der Waals surface area contributed by atoms with E-state index in [1.807, 2.05) is 13.0 Å². The molecule has 4 nitrogen and oxygen atoms in total. The second-order valence-electron chi connectivity index (χ2n) is 4.32. The van der Waals surface area contributed by atoms with Crippen molar-refractivity contribution in [2.24, 2.45) is 5.92 Å². The van der Waals surface area contributed by atoms with E-state index in [-0.39, 0.29) is 5.97 Å². The number of carbonyl (C=O) groups excluding carboxylic acids is 1. The minimum absolute atomic E-state index is 0.297. The van der Waals surface area contributed by atoms with Crippen molar-refractivity contribution in [1.29, 1.82) is 0 Å². The van der Waals surface area contributed by atoms with E-state index in [0.717, 1.165) is 18.0 Å². The number of aryl methyl sites for hydroxylation is 1. The predicted octanol–water partition coefficient (Wildman–Crippen LogP) is 3.17. The van der Waals surface area contributed by atoms with Gasteiger partial charge in [0.15, 0.2) is 10.7 Å². The number of rotatable bonds is 5. The highest BCUT2D eigenvalue weighted by molar-refractivity contribution is 7.14. The van der Waals surface area contributed by atoms with Gasteiger partial charge in [-0.1, -0.05) is 24.3 Å². The number of allylic oxidation sites excluding steroid dienone is 3. The number of hydrogen-bond donors (Lipinski definition) is 1. The van der Waals surface area contributed by atoms with Crippen LogP contribution in [0, 0.1) is 12.8 Å². The molecule has 1 aromatic heterocycles. The van der Waals surface area contributed by atoms with Crippen LogP contribution in [0.2, 0.25) is 0 Å². The fourth-order valence-corrected chi connectivity index (χ4v) is 2.68. The van der Waals surface area contributed by atoms with Crippen LogP contribution in [0.15, 0.2) is 24.3 Å². The van der Waals surface area contributed by atoms with Crippen LogP contribution in [0.5, 0.6) is 0 Å². The molecule has 19 heavy (non-hydrogen) atoms. The van der Waals surface area contributed by atoms with Crippen LogP contribution in [-0.2, 0) is 4.74 Å². The van der Waals surface area contributed by atoms with Gasteiger partial charge in [0, 0.05) is 6.54 Å². The van der Waals surface area contributed by atoms with Crippen LogP contribution >= 0.6 is 11.3 Å². The molecule has 0 aromatic carbocycles. The molecule has 0 radical (unpaired) electrons. The lowest BCUT2D eigenvalue weighted by Gasteiger charge is -2.14. The Bertz CT molecular complexity index is 506. The molecule has 2 rings (SSSR count). The fourth-order valence-electron chi connectivity index (χ4n) is 1.89. The number of anilines is 1. The molecule has 1 unspecified atom stereocenters. The van der Waals surface area contributed by atoms with E-state index >= 15 is 0 Å². The average molecular weight is 278 g/mol. The lowest BCUT2D eigenvalue weighted by atomic mass is 10.0. The molecule has 1 atom stereocenters. The average Bonchev–Trinajstić information content (AvgIpc) is 2.79. The van der Waals surface area contributed by atoms with Crippen LogP contribution < -0.4 is 5.32 Å². The van der Waals surface area contributed by atoms with Crippen molar-refractivity contribution in [2.45, 2.75) is 20.3 Å². The Kier molecular flexibility index (Phi) is 4.74. The predicted molar refractivity (Wildman–Crippen MR) is 77.7 cm³/mol. The Hall–Kier alpha value is -1.62. The first kappa shape index (κ1) is 13.8. The number of nitrogens with zero attached hydrogens (tertiary/aromatic N) is 1. The van der Waals surface area contributed by atoms with Crippen molar-refractivity contribution < 1.29 is 9.53 Å². The summed E-state index contributed by atoms with van der Waals surface area (Å²) in [5, 5.41) is 4.12. The molecule has 0 amide bonds. The third kappa shape index (κ3) is 3.67. The maximum Gasteiger partial charge on any atom is 0.352 e. The van der Waals surface area contributed by atoms with Gasteiger partial charge >= 0.3 is 5.97 Å². The third-order valence-electron chi connectivity index (χ3n) is 2.80. The molecular formula is C14H18N2O2S. The van der Waals surface area contributed by atoms with Gasteiger partial charge in [-0.15, -0.1) is 11.3 Å². The van der Waals surface area contributed by atoms with E-state index < -0.39 is 0 Å². The quantitative estimate of drug-likeness (QED) is 0.840. The summed E-state index contributed by atoms with van der Waals surface area (Å²) in [7, 11) is 0. The summed E-state index contributed by atoms with van der Waals surface area (Å²) in [4.78, 5) is 16.7. The van der Waals surface area contributed by atoms with Gasteiger partial charge in [0.25, 0.3) is 0 Å². The van der Waals surface area contributed by atoms with Gasteiger partial charge < -0.3 is 10.1 Å². The van der Waals surface area contributed by atoms with Crippen molar-refractivity contribution >= 4 is 23.1 Å². The largest absolute Gasteiger partial charge is 0.462 e. The zero-order valence-corrected chi connectivity index (χ0v) is 12.0. The Balaban J connectivity index is 2.01. The minimum Gasteiger partial charge on any atom is -0.462 e. The van der Waals surface area contributed by atoms with Gasteiger partial charge in [0.2, 0.25) is 0 Å². The lowest BCUT2D eigenvalue weighted by Crippen LogP contribution is -2.15. The molecule has 0 fully saturated rings. The second-order valence-corrected chi connectivity index (χ2v) is 5.52. The molecule has 0 aliphatic heterocycles. The Morgan fingerprint density at radius 3 is 3.11 bits per heavy atom. The molecule has 102 valence electrons. The smallest absolute Gasteiger partial charge is 0.352 e. The topological polar surface area (TPSA) is 51.2 Å². The summed E-state index contributed by atoms with van der Waals surface area (Å²) in [6.45, 7) is 4.85. The van der Waals surface area contributed by atoms with Crippen molar-refractivity contribution in [3.8, 4) is 0 Å². The molecule has 1 heterocycles. The maximum atomic E-state index is 11.8. The highest BCUT2D eigenvalue weighted by atomic mass is 32.1. The van der Waals surface area contributed by atoms with Crippen LogP contribution in [-0.4, -0.2) is 24.1 Å². The van der Waals surface area contributed by atoms with Crippen molar-refractivity contribution in [2.75, 3.05) is 18.5 Å². The van der Waals surface area contributed by atoms with E-state index in [4.69, 9.17) is 4.74 Å². The molecule has 5 heteroatoms. The van der Waals surface area contributed by atoms with Crippen LogP contribution in [0.3, 0.4) is 0 Å². The molecule has 0 saturated heterocycles. The van der Waals surface area contributed by atoms with Crippen LogP contribution in [0.1, 0.15) is 28.0 Å². The zero-order valence-electron chi connectivity index (χ0n) is 11.2. The summed E-state index contributed by atoms with van der Waals surface area (Å²) in [5.74, 6) is 0.792. The van der Waals surface area contributed by atoms with Gasteiger partial charge in [0.1, 0.15) is 0 Å². The number of aromatic nitrogens is 1. The highest BCUT2D eigenvalue weighted by Crippen LogP contribution is 2.24. The first-order valence-electron chi connectivity index (χ1n) is 6.42. The van der Waals surface area contributed by atoms with E-state index in [0.29, 0.717) is 23.2 Å². The molecule has 1 aliphatic rings. The van der Waals surface area contributed by atoms with Gasteiger partial charge in [-0.25, -0.2) is 9.78 Å². The number of ether oxygens (including phenoxy) is 1. The molecule has 1 aliphatic carbocycles. The number of esters is 1. The summed E-state index contributed by atoms with van der Waals surface area (Å²) in [6.07, 6.45) is 9.42. The highest BCUT2D eigenvalue weighted by Gasteiger charge is 2.18. The van der Waals surface area contributed by atoms with Crippen molar-refractivity contribution in [1.82, 2.24) is 4.98 Å². The van der Waals surface area contributed by atoms with E-state index in [1.54, 1.807) is 6.92 Å². The summed E-state index contributed by atoms with van der Waals surface area (Å²) >= 11 is 1.37. The first-order valence-corrected chi connectivity index (χ1v) is 7.24. The number of nitrogens with one attached hydrogen (secondary N) is 1. The first-order chi connectivity index (χ1) is 9.20. The Morgan fingerprint density at radius 2 is 2.42 bits per heavy atom. The van der Waals surface area contributed by atoms with Crippen LogP contribution in [0.4, 0.5) is 5.82 Å². The van der Waals surface area contributed by atoms with Gasteiger partial charge in [0.05, 0.1) is 11.6 Å². The van der Waals surface area contributed by atoms with Gasteiger partial charge in [-0.3, -0.25) is 0 Å². The molecule has 1 aromatic rings. The summed E-state index contributed by atoms with van der Waals surface area (Å²) in [6, 6.07) is 0. The maximum absolute atomic E-state index is 11.8. The molecule has 1 N–H and O–H groups in total. The Morgan fingerprint density at radius 1 is 1.58 bits per heavy atom. The zero-order chi connectivity index (χ0) is 13.7. The van der Waals surface area contributed by atoms with Crippen molar-refractivity contribution in [3.63, 3.8) is 0 Å². The molecular weight excluding hydrogens is 260 g/mol. The van der Waals surface area contributed by atoms with Gasteiger partial charge in [-0.2, -0.15) is 0 Å². The van der Waals surface area contributed by atoms with Crippen molar-refractivity contribution in [3.05, 3.63) is 34.2 Å². The Labute approximate surface area is 117 Å². The normalized spacial score (nSPS) is 17.5. The van der Waals surface area contributed by atoms with E-state index in [1.165, 1.54) is 11.3 Å². The van der Waals surface area contributed by atoms with E-state index in [2.05, 4.69) is 28.5 Å². The third-order valence-corrected chi connectivity index (χ3v) is 3.75. The molecule has 0 bridgehead atoms. The standard InChI is InChI=1S/C14H18N2O2S/c1-3-18-14(17)12-13(16-10(2)19-12)15-9-11-7-5-4-6-8-11/h4-7,11,15H,3,8-9H2,1-2H3. The number of carbonyl (C=O) groups is 1. The minimum atomic E-state index is -0.297. The summed E-state index contributed by atoms with van der Waals surface area (Å²) < 4.78 is 5.04. The lowest BCUT2D eigenvalue weighted by molar-refractivity contribution is 0.0533. The number of hydrogen-bond acceptors (Lipinski definition) is 5. The van der Waals surface area contributed by atoms with Gasteiger partial charge in [-0.05, 0) is 26.2 Å². The summed E-state index contributed by atoms with van der Waals surface area (Å²) in [5.41, 5.74) is 0. The number of thiazole rings is 1. The monoisotopic (exact) mass is 278 g/mol. The fraction of sp³-hybridized carbons (Fsp3) is 0.429.